The van der Waals surface area contributed by atoms with Crippen LogP contribution in [0.4, 0.5) is 5.69 Å². The van der Waals surface area contributed by atoms with E-state index in [0.29, 0.717) is 0 Å². The Labute approximate surface area is 136 Å². The molecule has 2 aliphatic rings. The minimum absolute atomic E-state index is 0.209. The van der Waals surface area contributed by atoms with Crippen molar-refractivity contribution >= 4 is 16.7 Å². The lowest BCUT2D eigenvalue weighted by Gasteiger charge is -2.39. The molecule has 0 atom stereocenters. The second-order valence-corrected chi connectivity index (χ2v) is 6.82. The van der Waals surface area contributed by atoms with Gasteiger partial charge in [0.25, 0.3) is 0 Å². The molecule has 2 aromatic heterocycles. The summed E-state index contributed by atoms with van der Waals surface area (Å²) in [6.45, 7) is 7.29. The summed E-state index contributed by atoms with van der Waals surface area (Å²) in [6.07, 6.45) is 4.04. The van der Waals surface area contributed by atoms with Gasteiger partial charge in [0.1, 0.15) is 0 Å². The first-order valence-electron chi connectivity index (χ1n) is 8.37. The molecule has 0 radical (unpaired) electrons. The number of aryl methyl sites for hydroxylation is 2. The average Bonchev–Trinajstić information content (AvgIpc) is 2.73. The summed E-state index contributed by atoms with van der Waals surface area (Å²) in [7, 11) is 1.96. The Morgan fingerprint density at radius 1 is 1.17 bits per heavy atom. The fourth-order valence-corrected chi connectivity index (χ4v) is 3.92. The van der Waals surface area contributed by atoms with Gasteiger partial charge in [0.15, 0.2) is 5.65 Å². The lowest BCUT2D eigenvalue weighted by molar-refractivity contribution is -0.0240. The van der Waals surface area contributed by atoms with Gasteiger partial charge in [-0.05, 0) is 25.8 Å². The summed E-state index contributed by atoms with van der Waals surface area (Å²) < 4.78 is 13.4. The quantitative estimate of drug-likeness (QED) is 0.804. The van der Waals surface area contributed by atoms with Gasteiger partial charge in [0.05, 0.1) is 30.0 Å². The molecular weight excluding hydrogens is 292 g/mol. The molecule has 2 aliphatic heterocycles. The predicted molar refractivity (Wildman–Crippen MR) is 88.8 cm³/mol. The second-order valence-electron chi connectivity index (χ2n) is 6.82. The molecule has 0 amide bonds. The van der Waals surface area contributed by atoms with E-state index in [2.05, 4.69) is 28.0 Å². The van der Waals surface area contributed by atoms with E-state index in [4.69, 9.17) is 9.47 Å². The molecule has 6 heteroatoms. The van der Waals surface area contributed by atoms with Gasteiger partial charge in [-0.3, -0.25) is 4.68 Å². The van der Waals surface area contributed by atoms with Crippen LogP contribution in [-0.4, -0.2) is 54.3 Å². The Bertz CT molecular complexity index is 706. The van der Waals surface area contributed by atoms with Gasteiger partial charge >= 0.3 is 0 Å². The third-order valence-electron chi connectivity index (χ3n) is 5.21. The van der Waals surface area contributed by atoms with Crippen LogP contribution in [0.3, 0.4) is 0 Å². The Morgan fingerprint density at radius 3 is 2.83 bits per heavy atom. The van der Waals surface area contributed by atoms with Crippen LogP contribution in [0.1, 0.15) is 18.5 Å². The maximum Gasteiger partial charge on any atom is 0.159 e. The molecule has 124 valence electrons. The van der Waals surface area contributed by atoms with E-state index in [0.717, 1.165) is 63.7 Å². The minimum Gasteiger partial charge on any atom is -0.381 e. The van der Waals surface area contributed by atoms with E-state index in [1.807, 2.05) is 17.9 Å². The molecule has 2 saturated heterocycles. The lowest BCUT2D eigenvalue weighted by atomic mass is 9.80. The zero-order valence-electron chi connectivity index (χ0n) is 13.9. The van der Waals surface area contributed by atoms with Crippen LogP contribution < -0.4 is 4.90 Å². The lowest BCUT2D eigenvalue weighted by Crippen LogP contribution is -2.42. The van der Waals surface area contributed by atoms with Gasteiger partial charge in [-0.2, -0.15) is 5.10 Å². The first-order valence-corrected chi connectivity index (χ1v) is 8.37. The average molecular weight is 316 g/mol. The zero-order chi connectivity index (χ0) is 15.9. The van der Waals surface area contributed by atoms with Gasteiger partial charge < -0.3 is 14.4 Å². The Morgan fingerprint density at radius 2 is 2.00 bits per heavy atom. The Balaban J connectivity index is 1.74. The van der Waals surface area contributed by atoms with E-state index in [-0.39, 0.29) is 5.41 Å². The van der Waals surface area contributed by atoms with Crippen molar-refractivity contribution in [2.75, 3.05) is 44.4 Å². The summed E-state index contributed by atoms with van der Waals surface area (Å²) in [6, 6.07) is 2.12. The van der Waals surface area contributed by atoms with Crippen LogP contribution in [-0.2, 0) is 16.5 Å². The molecule has 2 aromatic rings. The van der Waals surface area contributed by atoms with Crippen LogP contribution in [0.2, 0.25) is 0 Å². The molecule has 0 N–H and O–H groups in total. The van der Waals surface area contributed by atoms with Crippen molar-refractivity contribution in [2.24, 2.45) is 12.5 Å². The van der Waals surface area contributed by atoms with Crippen molar-refractivity contribution in [1.29, 1.82) is 0 Å². The predicted octanol–water partition coefficient (Wildman–Crippen LogP) is 1.91. The maximum absolute atomic E-state index is 5.95. The largest absolute Gasteiger partial charge is 0.381 e. The van der Waals surface area contributed by atoms with Crippen molar-refractivity contribution in [2.45, 2.75) is 19.8 Å². The summed E-state index contributed by atoms with van der Waals surface area (Å²) >= 11 is 0. The number of hydrogen-bond donors (Lipinski definition) is 0. The molecule has 4 heterocycles. The summed E-state index contributed by atoms with van der Waals surface area (Å²) in [4.78, 5) is 6.98. The highest BCUT2D eigenvalue weighted by molar-refractivity contribution is 5.91. The van der Waals surface area contributed by atoms with Gasteiger partial charge in [-0.15, -0.1) is 0 Å². The van der Waals surface area contributed by atoms with Crippen molar-refractivity contribution < 1.29 is 9.47 Å². The highest BCUT2D eigenvalue weighted by Gasteiger charge is 2.37. The molecule has 4 rings (SSSR count). The minimum atomic E-state index is 0.209. The smallest absolute Gasteiger partial charge is 0.159 e. The second kappa shape index (κ2) is 5.76. The summed E-state index contributed by atoms with van der Waals surface area (Å²) in [5, 5.41) is 5.72. The number of ether oxygens (including phenoxy) is 2. The van der Waals surface area contributed by atoms with Gasteiger partial charge in [-0.25, -0.2) is 4.98 Å². The topological polar surface area (TPSA) is 52.4 Å². The fraction of sp³-hybridized carbons (Fsp3) is 0.647. The van der Waals surface area contributed by atoms with E-state index < -0.39 is 0 Å². The van der Waals surface area contributed by atoms with E-state index in [9.17, 15) is 0 Å². The van der Waals surface area contributed by atoms with Crippen molar-refractivity contribution in [3.05, 3.63) is 18.0 Å². The number of aromatic nitrogens is 3. The van der Waals surface area contributed by atoms with Crippen LogP contribution in [0.15, 0.2) is 12.3 Å². The third kappa shape index (κ3) is 2.60. The molecule has 0 saturated carbocycles. The van der Waals surface area contributed by atoms with E-state index >= 15 is 0 Å². The highest BCUT2D eigenvalue weighted by atomic mass is 16.5. The summed E-state index contributed by atoms with van der Waals surface area (Å²) in [5.74, 6) is 0. The molecule has 23 heavy (non-hydrogen) atoms. The van der Waals surface area contributed by atoms with Crippen LogP contribution in [0.5, 0.6) is 0 Å². The molecule has 0 bridgehead atoms. The molecule has 6 nitrogen and oxygen atoms in total. The van der Waals surface area contributed by atoms with E-state index in [1.54, 1.807) is 0 Å². The van der Waals surface area contributed by atoms with Crippen molar-refractivity contribution in [3.8, 4) is 0 Å². The number of anilines is 1. The SMILES string of the molecule is Cc1nn(C)c2nccc(N3CCOCC4(CCOCC4)C3)c12. The Hall–Kier alpha value is -1.66. The van der Waals surface area contributed by atoms with Gasteiger partial charge in [-0.1, -0.05) is 0 Å². The normalized spacial score (nSPS) is 21.7. The number of hydrogen-bond acceptors (Lipinski definition) is 5. The number of rotatable bonds is 1. The molecular formula is C17H24N4O2. The fourth-order valence-electron chi connectivity index (χ4n) is 3.92. The highest BCUT2D eigenvalue weighted by Crippen LogP contribution is 2.37. The molecule has 0 unspecified atom stereocenters. The number of nitrogens with zero attached hydrogens (tertiary/aromatic N) is 4. The standard InChI is InChI=1S/C17H24N4O2/c1-13-15-14(3-6-18-16(15)20(2)19-13)21-7-10-23-12-17(11-21)4-8-22-9-5-17/h3,6H,4-5,7-12H2,1-2H3. The molecule has 2 fully saturated rings. The third-order valence-corrected chi connectivity index (χ3v) is 5.21. The van der Waals surface area contributed by atoms with Crippen LogP contribution >= 0.6 is 0 Å². The first-order chi connectivity index (χ1) is 11.2. The number of fused-ring (bicyclic) bond motifs is 1. The number of pyridine rings is 1. The van der Waals surface area contributed by atoms with Gasteiger partial charge in [0, 0.05) is 45.0 Å². The summed E-state index contributed by atoms with van der Waals surface area (Å²) in [5.41, 5.74) is 3.43. The van der Waals surface area contributed by atoms with Crippen molar-refractivity contribution in [3.63, 3.8) is 0 Å². The van der Waals surface area contributed by atoms with E-state index in [1.165, 1.54) is 11.1 Å². The van der Waals surface area contributed by atoms with Gasteiger partial charge in [0.2, 0.25) is 0 Å². The Kier molecular flexibility index (Phi) is 3.73. The monoisotopic (exact) mass is 316 g/mol. The molecule has 0 aliphatic carbocycles. The molecule has 1 spiro atoms. The maximum atomic E-state index is 5.95. The zero-order valence-corrected chi connectivity index (χ0v) is 13.9. The van der Waals surface area contributed by atoms with Crippen LogP contribution in [0.25, 0.3) is 11.0 Å². The van der Waals surface area contributed by atoms with Crippen molar-refractivity contribution in [1.82, 2.24) is 14.8 Å². The first kappa shape index (κ1) is 14.9. The van der Waals surface area contributed by atoms with Crippen LogP contribution in [0, 0.1) is 12.3 Å². The molecule has 0 aromatic carbocycles.